The summed E-state index contributed by atoms with van der Waals surface area (Å²) in [7, 11) is 0. The lowest BCUT2D eigenvalue weighted by atomic mass is 10.00. The number of rotatable bonds is 7. The van der Waals surface area contributed by atoms with Crippen LogP contribution in [0.4, 0.5) is 0 Å². The maximum Gasteiger partial charge on any atom is 0.166 e. The zero-order chi connectivity index (χ0) is 41.0. The van der Waals surface area contributed by atoms with E-state index in [0.29, 0.717) is 17.5 Å². The predicted molar refractivity (Wildman–Crippen MR) is 256 cm³/mol. The van der Waals surface area contributed by atoms with Gasteiger partial charge in [0.15, 0.2) is 17.5 Å². The van der Waals surface area contributed by atoms with Gasteiger partial charge in [0.05, 0.1) is 27.8 Å². The molecule has 12 aromatic rings. The molecule has 0 fully saturated rings. The average molecular weight is 792 g/mol. The minimum Gasteiger partial charge on any atom is -0.309 e. The number of hydrogen-bond donors (Lipinski definition) is 0. The van der Waals surface area contributed by atoms with Crippen molar-refractivity contribution in [2.24, 2.45) is 0 Å². The molecule has 3 heterocycles. The molecule has 9 aromatic carbocycles. The van der Waals surface area contributed by atoms with Gasteiger partial charge in [0.2, 0.25) is 0 Å². The van der Waals surface area contributed by atoms with E-state index in [4.69, 9.17) is 15.0 Å². The van der Waals surface area contributed by atoms with Gasteiger partial charge in [-0.05, 0) is 59.2 Å². The Morgan fingerprint density at radius 1 is 0.274 bits per heavy atom. The molecule has 0 bridgehead atoms. The lowest BCUT2D eigenvalue weighted by molar-refractivity contribution is 1.06. The van der Waals surface area contributed by atoms with Crippen LogP contribution >= 0.6 is 0 Å². The van der Waals surface area contributed by atoms with Crippen molar-refractivity contribution in [1.82, 2.24) is 24.1 Å². The van der Waals surface area contributed by atoms with Crippen LogP contribution in [0.15, 0.2) is 224 Å². The van der Waals surface area contributed by atoms with Crippen molar-refractivity contribution in [3.05, 3.63) is 224 Å². The van der Waals surface area contributed by atoms with Crippen molar-refractivity contribution in [3.63, 3.8) is 0 Å². The summed E-state index contributed by atoms with van der Waals surface area (Å²) in [6.07, 6.45) is 0. The van der Waals surface area contributed by atoms with Gasteiger partial charge in [0.25, 0.3) is 0 Å². The van der Waals surface area contributed by atoms with Crippen molar-refractivity contribution in [2.45, 2.75) is 0 Å². The summed E-state index contributed by atoms with van der Waals surface area (Å²) in [4.78, 5) is 16.0. The van der Waals surface area contributed by atoms with Crippen LogP contribution in [-0.2, 0) is 0 Å². The fraction of sp³-hybridized carbons (Fsp3) is 0. The van der Waals surface area contributed by atoms with Crippen LogP contribution in [0.3, 0.4) is 0 Å². The molecule has 3 aromatic heterocycles. The zero-order valence-electron chi connectivity index (χ0n) is 33.6. The summed E-state index contributed by atoms with van der Waals surface area (Å²) < 4.78 is 4.76. The summed E-state index contributed by atoms with van der Waals surface area (Å²) >= 11 is 0. The summed E-state index contributed by atoms with van der Waals surface area (Å²) in [5, 5.41) is 4.73. The number of aromatic nitrogens is 5. The van der Waals surface area contributed by atoms with Gasteiger partial charge in [-0.3, -0.25) is 0 Å². The largest absolute Gasteiger partial charge is 0.309 e. The van der Waals surface area contributed by atoms with Crippen molar-refractivity contribution in [1.29, 1.82) is 0 Å². The van der Waals surface area contributed by atoms with Crippen LogP contribution in [0.25, 0.3) is 111 Å². The molecule has 5 nitrogen and oxygen atoms in total. The van der Waals surface area contributed by atoms with E-state index >= 15 is 0 Å². The lowest BCUT2D eigenvalue weighted by Crippen LogP contribution is -2.04. The number of fused-ring (bicyclic) bond motifs is 6. The maximum atomic E-state index is 5.43. The fourth-order valence-corrected chi connectivity index (χ4v) is 9.14. The van der Waals surface area contributed by atoms with Gasteiger partial charge >= 0.3 is 0 Å². The van der Waals surface area contributed by atoms with E-state index in [1.807, 2.05) is 18.2 Å². The monoisotopic (exact) mass is 791 g/mol. The van der Waals surface area contributed by atoms with Crippen LogP contribution in [-0.4, -0.2) is 24.1 Å². The van der Waals surface area contributed by atoms with Crippen molar-refractivity contribution < 1.29 is 0 Å². The van der Waals surface area contributed by atoms with E-state index in [0.717, 1.165) is 72.4 Å². The molecule has 0 N–H and O–H groups in total. The highest BCUT2D eigenvalue weighted by atomic mass is 15.1. The molecule has 0 spiro atoms. The highest BCUT2D eigenvalue weighted by Gasteiger charge is 2.23. The molecule has 62 heavy (non-hydrogen) atoms. The highest BCUT2D eigenvalue weighted by Crippen LogP contribution is 2.42. The molecule has 0 saturated heterocycles. The first kappa shape index (κ1) is 35.5. The Bertz CT molecular complexity index is 3610. The van der Waals surface area contributed by atoms with Crippen LogP contribution < -0.4 is 0 Å². The van der Waals surface area contributed by atoms with Gasteiger partial charge in [-0.15, -0.1) is 0 Å². The highest BCUT2D eigenvalue weighted by molar-refractivity contribution is 6.14. The molecule has 5 heteroatoms. The molecule has 0 aliphatic rings. The van der Waals surface area contributed by atoms with E-state index in [1.165, 1.54) is 21.5 Å². The molecule has 0 saturated carbocycles. The van der Waals surface area contributed by atoms with E-state index in [1.54, 1.807) is 0 Å². The SMILES string of the molecule is c1ccc(-c2ccc(-c3nc(-c4ccccc4)nc(-c4ccc5c6ccccc6n(-c6ccccc6)c5c4)n3)c(-n3c4ccccc4c4cccc(-c5ccccc5)c43)c2)cc1. The minimum atomic E-state index is 0.593. The Labute approximate surface area is 358 Å². The summed E-state index contributed by atoms with van der Waals surface area (Å²) in [6, 6.07) is 79.2. The maximum absolute atomic E-state index is 5.43. The van der Waals surface area contributed by atoms with Crippen molar-refractivity contribution >= 4 is 43.6 Å². The van der Waals surface area contributed by atoms with Gasteiger partial charge < -0.3 is 9.13 Å². The minimum absolute atomic E-state index is 0.593. The Morgan fingerprint density at radius 3 is 1.50 bits per heavy atom. The summed E-state index contributed by atoms with van der Waals surface area (Å²) in [5.74, 6) is 1.81. The average Bonchev–Trinajstić information content (AvgIpc) is 3.87. The molecule has 0 unspecified atom stereocenters. The topological polar surface area (TPSA) is 48.5 Å². The van der Waals surface area contributed by atoms with Crippen LogP contribution in [0.5, 0.6) is 0 Å². The van der Waals surface area contributed by atoms with Gasteiger partial charge in [0.1, 0.15) is 0 Å². The first-order valence-corrected chi connectivity index (χ1v) is 21.0. The molecule has 0 atom stereocenters. The smallest absolute Gasteiger partial charge is 0.166 e. The Morgan fingerprint density at radius 2 is 0.790 bits per heavy atom. The van der Waals surface area contributed by atoms with Crippen molar-refractivity contribution in [3.8, 4) is 67.8 Å². The van der Waals surface area contributed by atoms with Crippen LogP contribution in [0.1, 0.15) is 0 Å². The fourth-order valence-electron chi connectivity index (χ4n) is 9.14. The van der Waals surface area contributed by atoms with Crippen LogP contribution in [0, 0.1) is 0 Å². The predicted octanol–water partition coefficient (Wildman–Crippen LogP) is 14.4. The third-order valence-electron chi connectivity index (χ3n) is 12.0. The lowest BCUT2D eigenvalue weighted by Gasteiger charge is -2.18. The van der Waals surface area contributed by atoms with Gasteiger partial charge in [-0.25, -0.2) is 15.0 Å². The quantitative estimate of drug-likeness (QED) is 0.162. The third-order valence-corrected chi connectivity index (χ3v) is 12.0. The Balaban J connectivity index is 1.15. The number of hydrogen-bond acceptors (Lipinski definition) is 3. The van der Waals surface area contributed by atoms with E-state index in [2.05, 4.69) is 215 Å². The van der Waals surface area contributed by atoms with Gasteiger partial charge in [0, 0.05) is 49.5 Å². The van der Waals surface area contributed by atoms with Gasteiger partial charge in [-0.1, -0.05) is 182 Å². The molecule has 0 amide bonds. The zero-order valence-corrected chi connectivity index (χ0v) is 33.6. The standard InChI is InChI=1S/C57H37N5/c1-5-18-38(19-6-1)41-32-35-49(53(36-41)62-51-31-16-14-27-46(51)48-29-17-28-44(54(48)62)39-20-7-2-8-21-39)57-59-55(40-22-9-3-10-23-40)58-56(60-57)42-33-34-47-45-26-13-15-30-50(45)61(52(47)37-42)43-24-11-4-12-25-43/h1-37H. The second kappa shape index (κ2) is 14.7. The number of benzene rings is 9. The molecule has 0 aliphatic heterocycles. The third kappa shape index (κ3) is 5.90. The Kier molecular flexibility index (Phi) is 8.42. The molecule has 12 rings (SSSR count). The second-order valence-electron chi connectivity index (χ2n) is 15.6. The van der Waals surface area contributed by atoms with Crippen LogP contribution in [0.2, 0.25) is 0 Å². The van der Waals surface area contributed by atoms with E-state index in [-0.39, 0.29) is 0 Å². The number of para-hydroxylation sites is 4. The number of nitrogens with zero attached hydrogens (tertiary/aromatic N) is 5. The van der Waals surface area contributed by atoms with Crippen molar-refractivity contribution in [2.75, 3.05) is 0 Å². The molecular weight excluding hydrogens is 755 g/mol. The summed E-state index contributed by atoms with van der Waals surface area (Å²) in [6.45, 7) is 0. The van der Waals surface area contributed by atoms with E-state index < -0.39 is 0 Å². The Hall–Kier alpha value is -8.41. The first-order chi connectivity index (χ1) is 30.8. The van der Waals surface area contributed by atoms with Gasteiger partial charge in [-0.2, -0.15) is 0 Å². The van der Waals surface area contributed by atoms with E-state index in [9.17, 15) is 0 Å². The summed E-state index contributed by atoms with van der Waals surface area (Å²) in [5.41, 5.74) is 13.8. The second-order valence-corrected chi connectivity index (χ2v) is 15.6. The molecule has 0 aliphatic carbocycles. The molecule has 0 radical (unpaired) electrons. The normalized spacial score (nSPS) is 11.5. The molecular formula is C57H37N5. The first-order valence-electron chi connectivity index (χ1n) is 21.0. The molecule has 290 valence electrons.